The highest BCUT2D eigenvalue weighted by molar-refractivity contribution is 7.12. The van der Waals surface area contributed by atoms with Gasteiger partial charge in [0.05, 0.1) is 36.5 Å². The monoisotopic (exact) mass is 472 g/mol. The van der Waals surface area contributed by atoms with Crippen molar-refractivity contribution in [3.63, 3.8) is 0 Å². The van der Waals surface area contributed by atoms with E-state index >= 15 is 0 Å². The van der Waals surface area contributed by atoms with Crippen LogP contribution < -0.4 is 20.1 Å². The van der Waals surface area contributed by atoms with Gasteiger partial charge in [-0.05, 0) is 25.3 Å². The Bertz CT molecular complexity index is 1140. The molecule has 2 aromatic heterocycles. The maximum Gasteiger partial charge on any atom is 0.340 e. The van der Waals surface area contributed by atoms with Crippen LogP contribution in [0, 0.1) is 0 Å². The molecule has 10 nitrogen and oxygen atoms in total. The van der Waals surface area contributed by atoms with E-state index < -0.39 is 24.4 Å². The average molecular weight is 473 g/mol. The molecule has 0 radical (unpaired) electrons. The van der Waals surface area contributed by atoms with E-state index in [1.54, 1.807) is 34.5 Å². The molecule has 0 saturated heterocycles. The van der Waals surface area contributed by atoms with Crippen LogP contribution in [-0.2, 0) is 9.53 Å². The molecule has 2 amide bonds. The molecule has 2 heterocycles. The van der Waals surface area contributed by atoms with Crippen molar-refractivity contribution in [1.82, 2.24) is 9.78 Å². The minimum atomic E-state index is -0.815. The van der Waals surface area contributed by atoms with Crippen molar-refractivity contribution in [2.75, 3.05) is 31.5 Å². The van der Waals surface area contributed by atoms with Gasteiger partial charge < -0.3 is 24.8 Å². The largest absolute Gasteiger partial charge is 0.493 e. The molecule has 11 heteroatoms. The zero-order valence-corrected chi connectivity index (χ0v) is 19.4. The van der Waals surface area contributed by atoms with Gasteiger partial charge in [-0.25, -0.2) is 9.48 Å². The first-order chi connectivity index (χ1) is 15.8. The van der Waals surface area contributed by atoms with Gasteiger partial charge in [0.15, 0.2) is 18.1 Å². The lowest BCUT2D eigenvalue weighted by Crippen LogP contribution is -2.23. The lowest BCUT2D eigenvalue weighted by Gasteiger charge is -2.15. The van der Waals surface area contributed by atoms with Crippen LogP contribution in [0.5, 0.6) is 11.5 Å². The summed E-state index contributed by atoms with van der Waals surface area (Å²) in [5.41, 5.74) is 0.173. The second-order valence-corrected chi connectivity index (χ2v) is 8.01. The van der Waals surface area contributed by atoms with Gasteiger partial charge in [-0.15, -0.1) is 11.3 Å². The highest BCUT2D eigenvalue weighted by atomic mass is 32.1. The van der Waals surface area contributed by atoms with E-state index in [4.69, 9.17) is 14.2 Å². The normalized spacial score (nSPS) is 10.6. The fraction of sp³-hybridized carbons (Fsp3) is 0.273. The molecule has 2 N–H and O–H groups in total. The van der Waals surface area contributed by atoms with Crippen molar-refractivity contribution in [1.29, 1.82) is 0 Å². The topological polar surface area (TPSA) is 121 Å². The number of benzene rings is 1. The quantitative estimate of drug-likeness (QED) is 0.457. The predicted octanol–water partition coefficient (Wildman–Crippen LogP) is 3.59. The highest BCUT2D eigenvalue weighted by Crippen LogP contribution is 2.34. The molecule has 174 valence electrons. The van der Waals surface area contributed by atoms with Crippen LogP contribution in [0.15, 0.2) is 41.9 Å². The van der Waals surface area contributed by atoms with E-state index in [1.165, 1.54) is 37.7 Å². The minimum absolute atomic E-state index is 0.0116. The number of esters is 1. The van der Waals surface area contributed by atoms with Crippen molar-refractivity contribution < 1.29 is 28.6 Å². The number of thiophene rings is 1. The number of hydrogen-bond acceptors (Lipinski definition) is 8. The summed E-state index contributed by atoms with van der Waals surface area (Å²) in [7, 11) is 2.86. The number of nitrogens with zero attached hydrogens (tertiary/aromatic N) is 2. The van der Waals surface area contributed by atoms with Crippen LogP contribution >= 0.6 is 11.3 Å². The standard InChI is InChI=1S/C22H24N4O6S/c1-13(2)26-19(7-8-23-26)25-20(27)12-32-22(29)14-10-16(30-3)17(31-4)11-15(14)24-21(28)18-6-5-9-33-18/h5-11,13H,12H2,1-4H3,(H,24,28)(H,25,27). The highest BCUT2D eigenvalue weighted by Gasteiger charge is 2.21. The Labute approximate surface area is 194 Å². The third kappa shape index (κ3) is 5.69. The predicted molar refractivity (Wildman–Crippen MR) is 123 cm³/mol. The molecule has 0 atom stereocenters. The number of anilines is 2. The number of rotatable bonds is 9. The maximum atomic E-state index is 12.8. The Hall–Kier alpha value is -3.86. The average Bonchev–Trinajstić information content (AvgIpc) is 3.49. The van der Waals surface area contributed by atoms with E-state index in [2.05, 4.69) is 15.7 Å². The fourth-order valence-electron chi connectivity index (χ4n) is 2.96. The molecule has 0 fully saturated rings. The Kier molecular flexibility index (Phi) is 7.67. The molecule has 0 aliphatic carbocycles. The first-order valence-corrected chi connectivity index (χ1v) is 10.8. The van der Waals surface area contributed by atoms with Crippen LogP contribution in [0.4, 0.5) is 11.5 Å². The minimum Gasteiger partial charge on any atom is -0.493 e. The molecule has 0 bridgehead atoms. The number of nitrogens with one attached hydrogen (secondary N) is 2. The molecule has 0 saturated carbocycles. The maximum absolute atomic E-state index is 12.8. The second-order valence-electron chi connectivity index (χ2n) is 7.06. The van der Waals surface area contributed by atoms with Crippen LogP contribution in [0.25, 0.3) is 0 Å². The number of carbonyl (C=O) groups is 3. The summed E-state index contributed by atoms with van der Waals surface area (Å²) in [6.45, 7) is 3.31. The lowest BCUT2D eigenvalue weighted by molar-refractivity contribution is -0.119. The third-order valence-electron chi connectivity index (χ3n) is 4.50. The van der Waals surface area contributed by atoms with Crippen LogP contribution in [-0.4, -0.2) is 48.4 Å². The van der Waals surface area contributed by atoms with Crippen molar-refractivity contribution in [2.24, 2.45) is 0 Å². The van der Waals surface area contributed by atoms with E-state index in [-0.39, 0.29) is 23.0 Å². The molecule has 33 heavy (non-hydrogen) atoms. The molecule has 3 rings (SSSR count). The number of hydrogen-bond donors (Lipinski definition) is 2. The van der Waals surface area contributed by atoms with Gasteiger partial charge in [0, 0.05) is 24.2 Å². The molecule has 0 unspecified atom stereocenters. The Morgan fingerprint density at radius 3 is 2.45 bits per heavy atom. The van der Waals surface area contributed by atoms with Crippen molar-refractivity contribution in [2.45, 2.75) is 19.9 Å². The number of methoxy groups -OCH3 is 2. The number of amides is 2. The number of carbonyl (C=O) groups excluding carboxylic acids is 3. The number of aromatic nitrogens is 2. The third-order valence-corrected chi connectivity index (χ3v) is 5.37. The van der Waals surface area contributed by atoms with Crippen molar-refractivity contribution >= 4 is 40.6 Å². The Morgan fingerprint density at radius 2 is 1.82 bits per heavy atom. The lowest BCUT2D eigenvalue weighted by atomic mass is 10.1. The SMILES string of the molecule is COc1cc(NC(=O)c2cccs2)c(C(=O)OCC(=O)Nc2ccnn2C(C)C)cc1OC. The molecule has 3 aromatic rings. The van der Waals surface area contributed by atoms with Crippen molar-refractivity contribution in [3.05, 3.63) is 52.3 Å². The summed E-state index contributed by atoms with van der Waals surface area (Å²) >= 11 is 1.26. The summed E-state index contributed by atoms with van der Waals surface area (Å²) in [6.07, 6.45) is 1.56. The second kappa shape index (κ2) is 10.6. The van der Waals surface area contributed by atoms with E-state index in [0.29, 0.717) is 16.4 Å². The van der Waals surface area contributed by atoms with Crippen LogP contribution in [0.2, 0.25) is 0 Å². The smallest absolute Gasteiger partial charge is 0.340 e. The van der Waals surface area contributed by atoms with Gasteiger partial charge >= 0.3 is 5.97 Å². The van der Waals surface area contributed by atoms with Gasteiger partial charge in [0.2, 0.25) is 0 Å². The van der Waals surface area contributed by atoms with E-state index in [0.717, 1.165) is 0 Å². The first-order valence-electron chi connectivity index (χ1n) is 9.95. The first kappa shape index (κ1) is 23.8. The zero-order valence-electron chi connectivity index (χ0n) is 18.6. The van der Waals surface area contributed by atoms with Crippen molar-refractivity contribution in [3.8, 4) is 11.5 Å². The van der Waals surface area contributed by atoms with E-state index in [1.807, 2.05) is 13.8 Å². The summed E-state index contributed by atoms with van der Waals surface area (Å²) in [6, 6.07) is 7.93. The summed E-state index contributed by atoms with van der Waals surface area (Å²) in [5, 5.41) is 11.2. The summed E-state index contributed by atoms with van der Waals surface area (Å²) in [5.74, 6) is -0.675. The van der Waals surface area contributed by atoms with Gasteiger partial charge in [-0.3, -0.25) is 9.59 Å². The Morgan fingerprint density at radius 1 is 1.09 bits per heavy atom. The van der Waals surface area contributed by atoms with E-state index in [9.17, 15) is 14.4 Å². The fourth-order valence-corrected chi connectivity index (χ4v) is 3.57. The molecule has 1 aromatic carbocycles. The molecule has 0 aliphatic heterocycles. The molecular weight excluding hydrogens is 448 g/mol. The van der Waals surface area contributed by atoms with Gasteiger partial charge in [0.1, 0.15) is 5.82 Å². The Balaban J connectivity index is 1.76. The zero-order chi connectivity index (χ0) is 24.0. The van der Waals surface area contributed by atoms with Gasteiger partial charge in [0.25, 0.3) is 11.8 Å². The summed E-state index contributed by atoms with van der Waals surface area (Å²) < 4.78 is 17.4. The molecular formula is C22H24N4O6S. The number of ether oxygens (including phenoxy) is 3. The van der Waals surface area contributed by atoms with Gasteiger partial charge in [-0.1, -0.05) is 6.07 Å². The molecule has 0 spiro atoms. The van der Waals surface area contributed by atoms with Gasteiger partial charge in [-0.2, -0.15) is 5.10 Å². The van der Waals surface area contributed by atoms with Crippen LogP contribution in [0.1, 0.15) is 39.9 Å². The summed E-state index contributed by atoms with van der Waals surface area (Å²) in [4.78, 5) is 38.1. The van der Waals surface area contributed by atoms with Crippen LogP contribution in [0.3, 0.4) is 0 Å². The molecule has 0 aliphatic rings.